The van der Waals surface area contributed by atoms with Crippen molar-refractivity contribution in [3.63, 3.8) is 0 Å². The van der Waals surface area contributed by atoms with Crippen LogP contribution in [0.15, 0.2) is 23.8 Å². The monoisotopic (exact) mass is 203 g/mol. The molecule has 2 aromatic heterocycles. The van der Waals surface area contributed by atoms with E-state index in [1.807, 2.05) is 13.3 Å². The first-order chi connectivity index (χ1) is 7.18. The Morgan fingerprint density at radius 2 is 1.93 bits per heavy atom. The van der Waals surface area contributed by atoms with Crippen molar-refractivity contribution in [2.45, 2.75) is 13.8 Å². The van der Waals surface area contributed by atoms with Gasteiger partial charge >= 0.3 is 0 Å². The predicted octanol–water partition coefficient (Wildman–Crippen LogP) is 1.12. The third-order valence-electron chi connectivity index (χ3n) is 2.55. The first-order valence-corrected chi connectivity index (χ1v) is 4.70. The van der Waals surface area contributed by atoms with Gasteiger partial charge in [-0.3, -0.25) is 0 Å². The second kappa shape index (κ2) is 3.68. The largest absolute Gasteiger partial charge is 0.352 e. The molecule has 2 heterocycles. The molecular formula is C10H13N5. The lowest BCUT2D eigenvalue weighted by atomic mass is 10.3. The molecule has 0 aliphatic rings. The van der Waals surface area contributed by atoms with E-state index >= 15 is 0 Å². The van der Waals surface area contributed by atoms with Crippen LogP contribution in [0, 0.1) is 13.8 Å². The molecule has 0 atom stereocenters. The number of nitrogens with zero attached hydrogens (tertiary/aromatic N) is 5. The highest BCUT2D eigenvalue weighted by atomic mass is 15.4. The Morgan fingerprint density at radius 3 is 2.47 bits per heavy atom. The van der Waals surface area contributed by atoms with Gasteiger partial charge in [0, 0.05) is 24.0 Å². The van der Waals surface area contributed by atoms with Crippen molar-refractivity contribution in [1.29, 1.82) is 0 Å². The fraction of sp³-hybridized carbons (Fsp3) is 0.300. The van der Waals surface area contributed by atoms with E-state index in [9.17, 15) is 0 Å². The van der Waals surface area contributed by atoms with E-state index in [0.717, 1.165) is 5.56 Å². The molecule has 2 aromatic rings. The molecule has 0 aliphatic heterocycles. The average Bonchev–Trinajstić information content (AvgIpc) is 2.80. The number of rotatable bonds is 2. The Balaban J connectivity index is 2.28. The minimum absolute atomic E-state index is 1.11. The van der Waals surface area contributed by atoms with Crippen LogP contribution in [0.2, 0.25) is 0 Å². The average molecular weight is 203 g/mol. The second-order valence-corrected chi connectivity index (χ2v) is 3.47. The van der Waals surface area contributed by atoms with Gasteiger partial charge in [-0.05, 0) is 19.9 Å². The molecule has 0 spiro atoms. The fourth-order valence-corrected chi connectivity index (χ4v) is 1.40. The zero-order valence-corrected chi connectivity index (χ0v) is 9.05. The molecule has 0 radical (unpaired) electrons. The van der Waals surface area contributed by atoms with Gasteiger partial charge < -0.3 is 4.57 Å². The number of aromatic nitrogens is 4. The van der Waals surface area contributed by atoms with Crippen molar-refractivity contribution >= 4 is 6.21 Å². The summed E-state index contributed by atoms with van der Waals surface area (Å²) in [6.45, 7) is 4.14. The van der Waals surface area contributed by atoms with Crippen LogP contribution in [0.5, 0.6) is 0 Å². The molecule has 0 aliphatic carbocycles. The van der Waals surface area contributed by atoms with Crippen LogP contribution in [0.4, 0.5) is 0 Å². The molecule has 0 saturated heterocycles. The maximum atomic E-state index is 4.21. The molecule has 0 N–H and O–H groups in total. The van der Waals surface area contributed by atoms with E-state index in [1.165, 1.54) is 11.4 Å². The summed E-state index contributed by atoms with van der Waals surface area (Å²) < 4.78 is 3.70. The van der Waals surface area contributed by atoms with E-state index in [4.69, 9.17) is 0 Å². The maximum absolute atomic E-state index is 4.21. The minimum Gasteiger partial charge on any atom is -0.352 e. The SMILES string of the molecule is Cc1cc(/C=N/n2cnnc2)c(C)n1C. The van der Waals surface area contributed by atoms with Crippen molar-refractivity contribution in [3.8, 4) is 0 Å². The van der Waals surface area contributed by atoms with Gasteiger partial charge in [0.1, 0.15) is 12.7 Å². The molecule has 0 fully saturated rings. The summed E-state index contributed by atoms with van der Waals surface area (Å²) in [4.78, 5) is 0. The van der Waals surface area contributed by atoms with E-state index in [0.29, 0.717) is 0 Å². The van der Waals surface area contributed by atoms with Crippen molar-refractivity contribution in [2.75, 3.05) is 0 Å². The lowest BCUT2D eigenvalue weighted by molar-refractivity contribution is 0.842. The van der Waals surface area contributed by atoms with E-state index in [2.05, 4.69) is 39.8 Å². The number of aryl methyl sites for hydroxylation is 1. The lowest BCUT2D eigenvalue weighted by Gasteiger charge is -1.98. The minimum atomic E-state index is 1.11. The summed E-state index contributed by atoms with van der Waals surface area (Å²) in [7, 11) is 2.04. The Kier molecular flexibility index (Phi) is 2.37. The predicted molar refractivity (Wildman–Crippen MR) is 57.9 cm³/mol. The Labute approximate surface area is 88.1 Å². The highest BCUT2D eigenvalue weighted by molar-refractivity contribution is 5.81. The van der Waals surface area contributed by atoms with Gasteiger partial charge in [-0.15, -0.1) is 10.2 Å². The Morgan fingerprint density at radius 1 is 1.27 bits per heavy atom. The highest BCUT2D eigenvalue weighted by Crippen LogP contribution is 2.10. The quantitative estimate of drug-likeness (QED) is 0.686. The van der Waals surface area contributed by atoms with Crippen LogP contribution in [-0.4, -0.2) is 25.7 Å². The molecule has 5 nitrogen and oxygen atoms in total. The molecule has 0 amide bonds. The lowest BCUT2D eigenvalue weighted by Crippen LogP contribution is -1.94. The maximum Gasteiger partial charge on any atom is 0.141 e. The van der Waals surface area contributed by atoms with Crippen molar-refractivity contribution in [2.24, 2.45) is 12.1 Å². The van der Waals surface area contributed by atoms with Gasteiger partial charge in [-0.25, -0.2) is 4.68 Å². The number of hydrogen-bond acceptors (Lipinski definition) is 3. The van der Waals surface area contributed by atoms with E-state index in [1.54, 1.807) is 17.3 Å². The van der Waals surface area contributed by atoms with E-state index in [-0.39, 0.29) is 0 Å². The standard InChI is InChI=1S/C10H13N5/c1-8-4-10(9(2)14(8)3)5-13-15-6-11-12-7-15/h4-7H,1-3H3/b13-5+. The smallest absolute Gasteiger partial charge is 0.141 e. The fourth-order valence-electron chi connectivity index (χ4n) is 1.40. The van der Waals surface area contributed by atoms with Gasteiger partial charge in [0.25, 0.3) is 0 Å². The first-order valence-electron chi connectivity index (χ1n) is 4.70. The third-order valence-corrected chi connectivity index (χ3v) is 2.55. The summed E-state index contributed by atoms with van der Waals surface area (Å²) in [6, 6.07) is 2.10. The van der Waals surface area contributed by atoms with Crippen LogP contribution < -0.4 is 0 Å². The summed E-state index contributed by atoms with van der Waals surface area (Å²) in [5, 5.41) is 11.6. The second-order valence-electron chi connectivity index (χ2n) is 3.47. The summed E-state index contributed by atoms with van der Waals surface area (Å²) in [6.07, 6.45) is 4.93. The highest BCUT2D eigenvalue weighted by Gasteiger charge is 2.02. The zero-order chi connectivity index (χ0) is 10.8. The van der Waals surface area contributed by atoms with Gasteiger partial charge in [0.05, 0.1) is 6.21 Å². The molecule has 2 rings (SSSR count). The summed E-state index contributed by atoms with van der Waals surface area (Å²) in [5.41, 5.74) is 3.53. The first kappa shape index (κ1) is 9.64. The van der Waals surface area contributed by atoms with Gasteiger partial charge in [-0.2, -0.15) is 5.10 Å². The molecule has 15 heavy (non-hydrogen) atoms. The van der Waals surface area contributed by atoms with Gasteiger partial charge in [-0.1, -0.05) is 0 Å². The van der Waals surface area contributed by atoms with Crippen molar-refractivity contribution < 1.29 is 0 Å². The van der Waals surface area contributed by atoms with Crippen molar-refractivity contribution in [3.05, 3.63) is 35.7 Å². The Hall–Kier alpha value is -1.91. The van der Waals surface area contributed by atoms with Crippen LogP contribution >= 0.6 is 0 Å². The molecule has 0 unspecified atom stereocenters. The number of hydrogen-bond donors (Lipinski definition) is 0. The summed E-state index contributed by atoms with van der Waals surface area (Å²) >= 11 is 0. The third kappa shape index (κ3) is 1.81. The van der Waals surface area contributed by atoms with Crippen LogP contribution in [-0.2, 0) is 7.05 Å². The van der Waals surface area contributed by atoms with Gasteiger partial charge in [0.2, 0.25) is 0 Å². The molecule has 0 bridgehead atoms. The van der Waals surface area contributed by atoms with Crippen LogP contribution in [0.1, 0.15) is 17.0 Å². The van der Waals surface area contributed by atoms with E-state index < -0.39 is 0 Å². The molecule has 0 saturated carbocycles. The van der Waals surface area contributed by atoms with Crippen molar-refractivity contribution in [1.82, 2.24) is 19.4 Å². The van der Waals surface area contributed by atoms with Gasteiger partial charge in [0.15, 0.2) is 0 Å². The summed E-state index contributed by atoms with van der Waals surface area (Å²) in [5.74, 6) is 0. The molecular weight excluding hydrogens is 190 g/mol. The molecule has 5 heteroatoms. The van der Waals surface area contributed by atoms with Crippen LogP contribution in [0.3, 0.4) is 0 Å². The normalized spacial score (nSPS) is 11.4. The topological polar surface area (TPSA) is 48.0 Å². The Bertz CT molecular complexity index is 478. The van der Waals surface area contributed by atoms with Crippen LogP contribution in [0.25, 0.3) is 0 Å². The molecule has 0 aromatic carbocycles. The molecule has 78 valence electrons. The zero-order valence-electron chi connectivity index (χ0n) is 9.05.